The Bertz CT molecular complexity index is 840. The second-order valence-electron chi connectivity index (χ2n) is 5.07. The van der Waals surface area contributed by atoms with Crippen LogP contribution in [-0.4, -0.2) is 6.03 Å². The van der Waals surface area contributed by atoms with Crippen LogP contribution in [-0.2, 0) is 0 Å². The van der Waals surface area contributed by atoms with E-state index in [4.69, 9.17) is 0 Å². The number of amides is 2. The lowest BCUT2D eigenvalue weighted by Crippen LogP contribution is -2.20. The van der Waals surface area contributed by atoms with Gasteiger partial charge in [-0.15, -0.1) is 0 Å². The van der Waals surface area contributed by atoms with Crippen LogP contribution < -0.4 is 10.6 Å². The quantitative estimate of drug-likeness (QED) is 0.621. The minimum absolute atomic E-state index is 0.248. The topological polar surface area (TPSA) is 41.1 Å². The van der Waals surface area contributed by atoms with E-state index in [0.717, 1.165) is 32.2 Å². The molecule has 0 atom stereocenters. The van der Waals surface area contributed by atoms with Crippen molar-refractivity contribution in [3.8, 4) is 0 Å². The Kier molecular flexibility index (Phi) is 4.11. The van der Waals surface area contributed by atoms with E-state index >= 15 is 0 Å². The Morgan fingerprint density at radius 3 is 2.45 bits per heavy atom. The van der Waals surface area contributed by atoms with Crippen LogP contribution in [0.15, 0.2) is 65.1 Å². The molecule has 0 aliphatic carbocycles. The van der Waals surface area contributed by atoms with E-state index in [1.165, 1.54) is 0 Å². The molecule has 0 heterocycles. The summed E-state index contributed by atoms with van der Waals surface area (Å²) >= 11 is 3.42. The SMILES string of the molecule is Cc1cc(Br)ccc1NC(=O)Nc1cccc2ccccc12. The molecule has 2 amide bonds. The maximum Gasteiger partial charge on any atom is 0.323 e. The number of carbonyl (C=O) groups excluding carboxylic acids is 1. The van der Waals surface area contributed by atoms with Gasteiger partial charge in [-0.25, -0.2) is 4.79 Å². The van der Waals surface area contributed by atoms with Gasteiger partial charge in [0.2, 0.25) is 0 Å². The number of hydrogen-bond donors (Lipinski definition) is 2. The number of rotatable bonds is 2. The lowest BCUT2D eigenvalue weighted by molar-refractivity contribution is 0.262. The Morgan fingerprint density at radius 1 is 0.909 bits per heavy atom. The molecular weight excluding hydrogens is 340 g/mol. The summed E-state index contributed by atoms with van der Waals surface area (Å²) in [5.74, 6) is 0. The van der Waals surface area contributed by atoms with Crippen molar-refractivity contribution in [2.75, 3.05) is 10.6 Å². The maximum absolute atomic E-state index is 12.2. The molecule has 0 aliphatic heterocycles. The van der Waals surface area contributed by atoms with Crippen molar-refractivity contribution < 1.29 is 4.79 Å². The van der Waals surface area contributed by atoms with Crippen molar-refractivity contribution in [2.45, 2.75) is 6.92 Å². The third-order valence-corrected chi connectivity index (χ3v) is 3.97. The standard InChI is InChI=1S/C18H15BrN2O/c1-12-11-14(19)9-10-16(12)20-18(22)21-17-8-4-6-13-5-2-3-7-15(13)17/h2-11H,1H3,(H2,20,21,22). The Labute approximate surface area is 137 Å². The summed E-state index contributed by atoms with van der Waals surface area (Å²) in [4.78, 5) is 12.2. The zero-order valence-corrected chi connectivity index (χ0v) is 13.6. The van der Waals surface area contributed by atoms with Crippen LogP contribution in [0.1, 0.15) is 5.56 Å². The predicted molar refractivity (Wildman–Crippen MR) is 95.5 cm³/mol. The molecule has 0 spiro atoms. The molecule has 0 bridgehead atoms. The summed E-state index contributed by atoms with van der Waals surface area (Å²) in [6.07, 6.45) is 0. The zero-order valence-electron chi connectivity index (χ0n) is 12.1. The molecule has 0 radical (unpaired) electrons. The monoisotopic (exact) mass is 354 g/mol. The van der Waals surface area contributed by atoms with E-state index < -0.39 is 0 Å². The first-order chi connectivity index (χ1) is 10.6. The van der Waals surface area contributed by atoms with Crippen molar-refractivity contribution in [2.24, 2.45) is 0 Å². The van der Waals surface area contributed by atoms with Gasteiger partial charge in [0.25, 0.3) is 0 Å². The van der Waals surface area contributed by atoms with Gasteiger partial charge in [-0.1, -0.05) is 52.3 Å². The van der Waals surface area contributed by atoms with Crippen molar-refractivity contribution in [1.82, 2.24) is 0 Å². The van der Waals surface area contributed by atoms with Crippen LogP contribution in [0, 0.1) is 6.92 Å². The number of urea groups is 1. The third-order valence-electron chi connectivity index (χ3n) is 3.47. The van der Waals surface area contributed by atoms with Gasteiger partial charge in [0, 0.05) is 15.5 Å². The first-order valence-corrected chi connectivity index (χ1v) is 7.75. The Hall–Kier alpha value is -2.33. The van der Waals surface area contributed by atoms with Gasteiger partial charge in [0.15, 0.2) is 0 Å². The molecule has 3 aromatic carbocycles. The summed E-state index contributed by atoms with van der Waals surface area (Å²) in [5, 5.41) is 7.91. The maximum atomic E-state index is 12.2. The summed E-state index contributed by atoms with van der Waals surface area (Å²) in [6.45, 7) is 1.96. The van der Waals surface area contributed by atoms with Crippen LogP contribution in [0.5, 0.6) is 0 Å². The molecule has 0 aliphatic rings. The first-order valence-electron chi connectivity index (χ1n) is 6.95. The van der Waals surface area contributed by atoms with E-state index in [0.29, 0.717) is 0 Å². The van der Waals surface area contributed by atoms with E-state index in [-0.39, 0.29) is 6.03 Å². The van der Waals surface area contributed by atoms with Crippen molar-refractivity contribution in [1.29, 1.82) is 0 Å². The fraction of sp³-hybridized carbons (Fsp3) is 0.0556. The molecule has 3 aromatic rings. The summed E-state index contributed by atoms with van der Waals surface area (Å²) in [5.41, 5.74) is 2.59. The summed E-state index contributed by atoms with van der Waals surface area (Å²) in [7, 11) is 0. The summed E-state index contributed by atoms with van der Waals surface area (Å²) < 4.78 is 0.991. The van der Waals surface area contributed by atoms with Crippen LogP contribution in [0.25, 0.3) is 10.8 Å². The molecule has 0 fully saturated rings. The number of halogens is 1. The highest BCUT2D eigenvalue weighted by molar-refractivity contribution is 9.10. The minimum Gasteiger partial charge on any atom is -0.307 e. The number of anilines is 2. The highest BCUT2D eigenvalue weighted by Crippen LogP contribution is 2.24. The Morgan fingerprint density at radius 2 is 1.64 bits per heavy atom. The molecule has 0 aromatic heterocycles. The van der Waals surface area contributed by atoms with E-state index in [1.807, 2.05) is 67.6 Å². The second-order valence-corrected chi connectivity index (χ2v) is 5.98. The summed E-state index contributed by atoms with van der Waals surface area (Å²) in [6, 6.07) is 19.3. The van der Waals surface area contributed by atoms with Crippen LogP contribution >= 0.6 is 15.9 Å². The van der Waals surface area contributed by atoms with Gasteiger partial charge < -0.3 is 10.6 Å². The number of aryl methyl sites for hydroxylation is 1. The van der Waals surface area contributed by atoms with Crippen LogP contribution in [0.4, 0.5) is 16.2 Å². The molecular formula is C18H15BrN2O. The lowest BCUT2D eigenvalue weighted by Gasteiger charge is -2.12. The third kappa shape index (κ3) is 3.12. The van der Waals surface area contributed by atoms with Crippen molar-refractivity contribution in [3.05, 3.63) is 70.7 Å². The number of nitrogens with one attached hydrogen (secondary N) is 2. The molecule has 0 saturated heterocycles. The Balaban J connectivity index is 1.81. The average Bonchev–Trinajstić information content (AvgIpc) is 2.50. The molecule has 0 saturated carbocycles. The van der Waals surface area contributed by atoms with Gasteiger partial charge in [0.1, 0.15) is 0 Å². The number of benzene rings is 3. The van der Waals surface area contributed by atoms with Crippen molar-refractivity contribution in [3.63, 3.8) is 0 Å². The van der Waals surface area contributed by atoms with E-state index in [9.17, 15) is 4.79 Å². The molecule has 22 heavy (non-hydrogen) atoms. The minimum atomic E-state index is -0.248. The van der Waals surface area contributed by atoms with Gasteiger partial charge in [0.05, 0.1) is 5.69 Å². The van der Waals surface area contributed by atoms with E-state index in [1.54, 1.807) is 0 Å². The van der Waals surface area contributed by atoms with Gasteiger partial charge in [-0.05, 0) is 42.1 Å². The second kappa shape index (κ2) is 6.20. The average molecular weight is 355 g/mol. The smallest absolute Gasteiger partial charge is 0.307 e. The number of fused-ring (bicyclic) bond motifs is 1. The highest BCUT2D eigenvalue weighted by Gasteiger charge is 2.07. The zero-order chi connectivity index (χ0) is 15.5. The first kappa shape index (κ1) is 14.6. The van der Waals surface area contributed by atoms with Gasteiger partial charge in [-0.3, -0.25) is 0 Å². The normalized spacial score (nSPS) is 10.5. The van der Waals surface area contributed by atoms with Crippen molar-refractivity contribution >= 4 is 44.1 Å². The molecule has 4 heteroatoms. The lowest BCUT2D eigenvalue weighted by atomic mass is 10.1. The molecule has 2 N–H and O–H groups in total. The fourth-order valence-electron chi connectivity index (χ4n) is 2.38. The van der Waals surface area contributed by atoms with Gasteiger partial charge >= 0.3 is 6.03 Å². The molecule has 110 valence electrons. The molecule has 3 nitrogen and oxygen atoms in total. The van der Waals surface area contributed by atoms with E-state index in [2.05, 4.69) is 26.6 Å². The highest BCUT2D eigenvalue weighted by atomic mass is 79.9. The fourth-order valence-corrected chi connectivity index (χ4v) is 2.85. The number of hydrogen-bond acceptors (Lipinski definition) is 1. The number of carbonyl (C=O) groups is 1. The molecule has 0 unspecified atom stereocenters. The van der Waals surface area contributed by atoms with Crippen LogP contribution in [0.3, 0.4) is 0 Å². The van der Waals surface area contributed by atoms with Crippen LogP contribution in [0.2, 0.25) is 0 Å². The molecule has 3 rings (SSSR count). The largest absolute Gasteiger partial charge is 0.323 e. The predicted octanol–water partition coefficient (Wildman–Crippen LogP) is 5.55. The van der Waals surface area contributed by atoms with Gasteiger partial charge in [-0.2, -0.15) is 0 Å².